The number of amides is 3. The van der Waals surface area contributed by atoms with E-state index in [1.807, 2.05) is 60.7 Å². The molecule has 0 aliphatic heterocycles. The predicted molar refractivity (Wildman–Crippen MR) is 130 cm³/mol. The van der Waals surface area contributed by atoms with Gasteiger partial charge in [-0.2, -0.15) is 0 Å². The van der Waals surface area contributed by atoms with Gasteiger partial charge < -0.3 is 21.1 Å². The molecule has 3 aromatic rings. The molecule has 0 spiro atoms. The molecule has 0 bridgehead atoms. The molecule has 0 saturated heterocycles. The van der Waals surface area contributed by atoms with E-state index in [-0.39, 0.29) is 19.4 Å². The average molecular weight is 525 g/mol. The van der Waals surface area contributed by atoms with Crippen molar-refractivity contribution in [2.24, 2.45) is 5.73 Å². The number of benzene rings is 2. The molecule has 0 radical (unpaired) electrons. The SMILES string of the molecule is NC(=O)[C@@H](Cc1cccnc1Br)NC(=O)[C@H](Cc1ccccc1)NC(=O)OCc1ccccc1. The van der Waals surface area contributed by atoms with Crippen LogP contribution in [0.15, 0.2) is 83.6 Å². The van der Waals surface area contributed by atoms with Crippen LogP contribution in [0.5, 0.6) is 0 Å². The maximum atomic E-state index is 13.1. The number of hydrogen-bond donors (Lipinski definition) is 3. The zero-order chi connectivity index (χ0) is 24.3. The first-order valence-corrected chi connectivity index (χ1v) is 11.4. The van der Waals surface area contributed by atoms with Crippen molar-refractivity contribution in [1.82, 2.24) is 15.6 Å². The molecule has 2 aromatic carbocycles. The smallest absolute Gasteiger partial charge is 0.408 e. The fourth-order valence-electron chi connectivity index (χ4n) is 3.25. The molecular formula is C25H25BrN4O4. The van der Waals surface area contributed by atoms with Crippen LogP contribution in [0, 0.1) is 0 Å². The van der Waals surface area contributed by atoms with Crippen LogP contribution < -0.4 is 16.4 Å². The highest BCUT2D eigenvalue weighted by Crippen LogP contribution is 2.15. The van der Waals surface area contributed by atoms with E-state index in [4.69, 9.17) is 10.5 Å². The zero-order valence-corrected chi connectivity index (χ0v) is 19.9. The molecule has 0 fully saturated rings. The van der Waals surface area contributed by atoms with Gasteiger partial charge in [-0.25, -0.2) is 9.78 Å². The van der Waals surface area contributed by atoms with Crippen molar-refractivity contribution in [3.63, 3.8) is 0 Å². The van der Waals surface area contributed by atoms with Gasteiger partial charge in [0.1, 0.15) is 23.3 Å². The molecule has 3 amide bonds. The van der Waals surface area contributed by atoms with Gasteiger partial charge in [0.05, 0.1) is 0 Å². The Labute approximate surface area is 206 Å². The van der Waals surface area contributed by atoms with Crippen molar-refractivity contribution >= 4 is 33.8 Å². The summed E-state index contributed by atoms with van der Waals surface area (Å²) >= 11 is 3.33. The monoisotopic (exact) mass is 524 g/mol. The van der Waals surface area contributed by atoms with Crippen molar-refractivity contribution in [3.05, 3.63) is 100 Å². The van der Waals surface area contributed by atoms with Crippen LogP contribution in [0.4, 0.5) is 4.79 Å². The lowest BCUT2D eigenvalue weighted by Crippen LogP contribution is -2.54. The molecule has 1 heterocycles. The lowest BCUT2D eigenvalue weighted by molar-refractivity contribution is -0.128. The number of nitrogens with one attached hydrogen (secondary N) is 2. The van der Waals surface area contributed by atoms with E-state index in [1.165, 1.54) is 0 Å². The molecule has 176 valence electrons. The standard InChI is InChI=1S/C25H25BrN4O4/c26-22-19(12-7-13-28-22)15-20(23(27)31)29-24(32)21(14-17-8-3-1-4-9-17)30-25(33)34-16-18-10-5-2-6-11-18/h1-13,20-21H,14-16H2,(H2,27,31)(H,29,32)(H,30,33)/t20-,21+/m1/s1. The molecule has 34 heavy (non-hydrogen) atoms. The summed E-state index contributed by atoms with van der Waals surface area (Å²) in [6.45, 7) is 0.0608. The van der Waals surface area contributed by atoms with Crippen LogP contribution in [-0.2, 0) is 33.8 Å². The van der Waals surface area contributed by atoms with E-state index in [1.54, 1.807) is 18.3 Å². The van der Waals surface area contributed by atoms with Crippen LogP contribution in [0.1, 0.15) is 16.7 Å². The Hall–Kier alpha value is -3.72. The third-order valence-corrected chi connectivity index (χ3v) is 5.74. The van der Waals surface area contributed by atoms with E-state index in [2.05, 4.69) is 31.5 Å². The molecule has 9 heteroatoms. The van der Waals surface area contributed by atoms with E-state index in [9.17, 15) is 14.4 Å². The van der Waals surface area contributed by atoms with Crippen LogP contribution in [0.3, 0.4) is 0 Å². The summed E-state index contributed by atoms with van der Waals surface area (Å²) in [4.78, 5) is 41.8. The molecular weight excluding hydrogens is 500 g/mol. The van der Waals surface area contributed by atoms with Gasteiger partial charge in [-0.05, 0) is 38.7 Å². The summed E-state index contributed by atoms with van der Waals surface area (Å²) in [5.41, 5.74) is 7.90. The van der Waals surface area contributed by atoms with Gasteiger partial charge in [-0.1, -0.05) is 66.7 Å². The second-order valence-electron chi connectivity index (χ2n) is 7.57. The predicted octanol–water partition coefficient (Wildman–Crippen LogP) is 2.89. The molecule has 4 N–H and O–H groups in total. The van der Waals surface area contributed by atoms with E-state index in [0.29, 0.717) is 10.2 Å². The van der Waals surface area contributed by atoms with Crippen molar-refractivity contribution < 1.29 is 19.1 Å². The van der Waals surface area contributed by atoms with Gasteiger partial charge in [0.2, 0.25) is 11.8 Å². The fraction of sp³-hybridized carbons (Fsp3) is 0.200. The summed E-state index contributed by atoms with van der Waals surface area (Å²) in [6.07, 6.45) is 1.21. The number of carbonyl (C=O) groups is 3. The second kappa shape index (κ2) is 12.5. The molecule has 0 unspecified atom stereocenters. The Morgan fingerprint density at radius 3 is 2.12 bits per heavy atom. The van der Waals surface area contributed by atoms with Gasteiger partial charge in [0.25, 0.3) is 0 Å². The first kappa shape index (κ1) is 24.9. The number of primary amides is 1. The lowest BCUT2D eigenvalue weighted by atomic mass is 10.0. The Balaban J connectivity index is 1.70. The number of alkyl carbamates (subject to hydrolysis) is 1. The summed E-state index contributed by atoms with van der Waals surface area (Å²) in [5.74, 6) is -1.25. The van der Waals surface area contributed by atoms with Gasteiger partial charge >= 0.3 is 6.09 Å². The topological polar surface area (TPSA) is 123 Å². The third kappa shape index (κ3) is 7.70. The zero-order valence-electron chi connectivity index (χ0n) is 18.3. The maximum Gasteiger partial charge on any atom is 0.408 e. The van der Waals surface area contributed by atoms with Gasteiger partial charge in [0.15, 0.2) is 0 Å². The lowest BCUT2D eigenvalue weighted by Gasteiger charge is -2.22. The van der Waals surface area contributed by atoms with Crippen molar-refractivity contribution in [1.29, 1.82) is 0 Å². The van der Waals surface area contributed by atoms with Crippen molar-refractivity contribution in [2.75, 3.05) is 0 Å². The van der Waals surface area contributed by atoms with E-state index >= 15 is 0 Å². The van der Waals surface area contributed by atoms with Crippen LogP contribution in [-0.4, -0.2) is 35.0 Å². The fourth-order valence-corrected chi connectivity index (χ4v) is 3.66. The molecule has 2 atom stereocenters. The Morgan fingerprint density at radius 2 is 1.50 bits per heavy atom. The summed E-state index contributed by atoms with van der Waals surface area (Å²) < 4.78 is 5.83. The minimum atomic E-state index is -0.992. The number of ether oxygens (including phenoxy) is 1. The van der Waals surface area contributed by atoms with Crippen LogP contribution in [0.2, 0.25) is 0 Å². The number of nitrogens with zero attached hydrogens (tertiary/aromatic N) is 1. The number of rotatable bonds is 10. The minimum Gasteiger partial charge on any atom is -0.445 e. The Kier molecular flexibility index (Phi) is 9.16. The number of halogens is 1. The molecule has 8 nitrogen and oxygen atoms in total. The highest BCUT2D eigenvalue weighted by molar-refractivity contribution is 9.10. The summed E-state index contributed by atoms with van der Waals surface area (Å²) in [6, 6.07) is 19.9. The molecule has 1 aromatic heterocycles. The molecule has 0 saturated carbocycles. The van der Waals surface area contributed by atoms with Crippen molar-refractivity contribution in [2.45, 2.75) is 31.5 Å². The number of pyridine rings is 1. The van der Waals surface area contributed by atoms with E-state index < -0.39 is 30.0 Å². The third-order valence-electron chi connectivity index (χ3n) is 5.02. The van der Waals surface area contributed by atoms with Gasteiger partial charge in [0, 0.05) is 19.0 Å². The second-order valence-corrected chi connectivity index (χ2v) is 8.32. The number of hydrogen-bond acceptors (Lipinski definition) is 5. The maximum absolute atomic E-state index is 13.1. The Morgan fingerprint density at radius 1 is 0.853 bits per heavy atom. The molecule has 0 aliphatic carbocycles. The number of aromatic nitrogens is 1. The largest absolute Gasteiger partial charge is 0.445 e. The summed E-state index contributed by atoms with van der Waals surface area (Å²) in [7, 11) is 0. The highest BCUT2D eigenvalue weighted by atomic mass is 79.9. The molecule has 0 aliphatic rings. The van der Waals surface area contributed by atoms with Crippen LogP contribution >= 0.6 is 15.9 Å². The minimum absolute atomic E-state index is 0.0608. The quantitative estimate of drug-likeness (QED) is 0.352. The van der Waals surface area contributed by atoms with Gasteiger partial charge in [-0.3, -0.25) is 9.59 Å². The summed E-state index contributed by atoms with van der Waals surface area (Å²) in [5, 5.41) is 5.27. The van der Waals surface area contributed by atoms with Crippen LogP contribution in [0.25, 0.3) is 0 Å². The first-order valence-electron chi connectivity index (χ1n) is 10.6. The first-order chi connectivity index (χ1) is 16.4. The number of carbonyl (C=O) groups excluding carboxylic acids is 3. The Bertz CT molecular complexity index is 1110. The highest BCUT2D eigenvalue weighted by Gasteiger charge is 2.27. The molecule has 3 rings (SSSR count). The average Bonchev–Trinajstić information content (AvgIpc) is 2.84. The number of nitrogens with two attached hydrogens (primary N) is 1. The van der Waals surface area contributed by atoms with Gasteiger partial charge in [-0.15, -0.1) is 0 Å². The normalized spacial score (nSPS) is 12.3. The van der Waals surface area contributed by atoms with Crippen molar-refractivity contribution in [3.8, 4) is 0 Å². The van der Waals surface area contributed by atoms with E-state index in [0.717, 1.165) is 11.1 Å².